The van der Waals surface area contributed by atoms with Gasteiger partial charge in [0.15, 0.2) is 11.6 Å². The molecule has 36 heavy (non-hydrogen) atoms. The van der Waals surface area contributed by atoms with Crippen molar-refractivity contribution in [3.05, 3.63) is 137 Å². The lowest BCUT2D eigenvalue weighted by Crippen LogP contribution is -2.30. The highest BCUT2D eigenvalue weighted by Crippen LogP contribution is 2.24. The number of carbonyl (C=O) groups is 1. The molecule has 4 nitrogen and oxygen atoms in total. The Balaban J connectivity index is 1.62. The molecule has 0 aliphatic heterocycles. The molecule has 0 radical (unpaired) electrons. The minimum absolute atomic E-state index is 0.0556. The van der Waals surface area contributed by atoms with Gasteiger partial charge in [-0.2, -0.15) is 5.26 Å². The largest absolute Gasteiger partial charge is 0.486 e. The summed E-state index contributed by atoms with van der Waals surface area (Å²) in [4.78, 5) is 13.6. The van der Waals surface area contributed by atoms with Crippen molar-refractivity contribution in [2.75, 3.05) is 0 Å². The van der Waals surface area contributed by atoms with Crippen LogP contribution in [0, 0.1) is 23.0 Å². The molecule has 0 aromatic heterocycles. The molecule has 0 aliphatic carbocycles. The Morgan fingerprint density at radius 1 is 0.889 bits per heavy atom. The van der Waals surface area contributed by atoms with Gasteiger partial charge in [-0.3, -0.25) is 4.79 Å². The summed E-state index contributed by atoms with van der Waals surface area (Å²) in [6.07, 6.45) is 0.658. The average Bonchev–Trinajstić information content (AvgIpc) is 2.92. The Bertz CT molecular complexity index is 1330. The van der Waals surface area contributed by atoms with Gasteiger partial charge >= 0.3 is 0 Å². The summed E-state index contributed by atoms with van der Waals surface area (Å²) in [5.41, 5.74) is 3.59. The summed E-state index contributed by atoms with van der Waals surface area (Å²) < 4.78 is 32.9. The fourth-order valence-electron chi connectivity index (χ4n) is 3.94. The Hall–Kier alpha value is -4.50. The highest BCUT2D eigenvalue weighted by atomic mass is 19.1. The summed E-state index contributed by atoms with van der Waals surface area (Å²) in [7, 11) is 0. The lowest BCUT2D eigenvalue weighted by Gasteiger charge is -2.21. The third-order valence-electron chi connectivity index (χ3n) is 5.75. The molecule has 4 aromatic rings. The van der Waals surface area contributed by atoms with Crippen LogP contribution >= 0.6 is 0 Å². The van der Waals surface area contributed by atoms with Gasteiger partial charge in [0.1, 0.15) is 12.4 Å². The molecule has 0 heterocycles. The second kappa shape index (κ2) is 11.8. The summed E-state index contributed by atoms with van der Waals surface area (Å²) in [5.74, 6) is -1.79. The minimum Gasteiger partial charge on any atom is -0.486 e. The molecule has 0 saturated heterocycles. The van der Waals surface area contributed by atoms with Crippen LogP contribution in [0.4, 0.5) is 8.78 Å². The number of amides is 1. The molecule has 4 rings (SSSR count). The smallest absolute Gasteiger partial charge is 0.252 e. The topological polar surface area (TPSA) is 62.1 Å². The predicted molar refractivity (Wildman–Crippen MR) is 133 cm³/mol. The van der Waals surface area contributed by atoms with Crippen LogP contribution in [0.25, 0.3) is 0 Å². The third kappa shape index (κ3) is 6.13. The Kier molecular flexibility index (Phi) is 8.05. The van der Waals surface area contributed by atoms with Crippen LogP contribution in [0.5, 0.6) is 5.75 Å². The molecular formula is C30H24F2N2O2. The number of hydrogen-bond donors (Lipinski definition) is 1. The molecule has 1 amide bonds. The molecule has 0 spiro atoms. The fraction of sp³-hybridized carbons (Fsp3) is 0.133. The van der Waals surface area contributed by atoms with Crippen LogP contribution in [0.2, 0.25) is 0 Å². The molecule has 0 fully saturated rings. The first-order valence-electron chi connectivity index (χ1n) is 11.5. The van der Waals surface area contributed by atoms with Gasteiger partial charge in [0.25, 0.3) is 5.91 Å². The summed E-state index contributed by atoms with van der Waals surface area (Å²) in [5, 5.41) is 12.2. The second-order valence-electron chi connectivity index (χ2n) is 8.24. The number of aryl methyl sites for hydroxylation is 1. The molecule has 180 valence electrons. The number of nitrogens with one attached hydrogen (secondary N) is 1. The first kappa shape index (κ1) is 24.6. The number of ether oxygens (including phenoxy) is 1. The van der Waals surface area contributed by atoms with Gasteiger partial charge in [-0.25, -0.2) is 8.78 Å². The first-order chi connectivity index (χ1) is 17.5. The van der Waals surface area contributed by atoms with Crippen LogP contribution in [0.1, 0.15) is 45.1 Å². The third-order valence-corrected chi connectivity index (χ3v) is 5.75. The van der Waals surface area contributed by atoms with Crippen molar-refractivity contribution >= 4 is 5.91 Å². The summed E-state index contributed by atoms with van der Waals surface area (Å²) in [6.45, 7) is -0.0556. The van der Waals surface area contributed by atoms with Crippen LogP contribution in [-0.2, 0) is 13.0 Å². The number of rotatable bonds is 9. The van der Waals surface area contributed by atoms with E-state index in [0.717, 1.165) is 34.9 Å². The fourth-order valence-corrected chi connectivity index (χ4v) is 3.94. The molecule has 4 aromatic carbocycles. The standard InChI is InChI=1S/C30H24F2N2O2/c31-25-15-16-27(32)28(19-25)36-20-21-13-14-22(12-7-17-33)26(18-21)30(35)34-29(23-8-3-1-4-9-23)24-10-5-2-6-11-24/h1-6,8-11,13-16,18-19,29H,7,12,20H2,(H,34,35). The van der Waals surface area contributed by atoms with Crippen molar-refractivity contribution in [3.63, 3.8) is 0 Å². The maximum Gasteiger partial charge on any atom is 0.252 e. The van der Waals surface area contributed by atoms with Crippen molar-refractivity contribution in [2.24, 2.45) is 0 Å². The van der Waals surface area contributed by atoms with E-state index in [0.29, 0.717) is 17.5 Å². The maximum atomic E-state index is 14.0. The second-order valence-corrected chi connectivity index (χ2v) is 8.24. The zero-order valence-electron chi connectivity index (χ0n) is 19.5. The SMILES string of the molecule is N#CCCc1ccc(COc2cc(F)ccc2F)cc1C(=O)NC(c1ccccc1)c1ccccc1. The zero-order chi connectivity index (χ0) is 25.3. The lowest BCUT2D eigenvalue weighted by atomic mass is 9.96. The number of hydrogen-bond acceptors (Lipinski definition) is 3. The van der Waals surface area contributed by atoms with Gasteiger partial charge in [0.2, 0.25) is 0 Å². The molecule has 1 N–H and O–H groups in total. The van der Waals surface area contributed by atoms with E-state index >= 15 is 0 Å². The summed E-state index contributed by atoms with van der Waals surface area (Å²) >= 11 is 0. The van der Waals surface area contributed by atoms with Crippen molar-refractivity contribution in [1.29, 1.82) is 5.26 Å². The van der Waals surface area contributed by atoms with Crippen molar-refractivity contribution in [1.82, 2.24) is 5.32 Å². The van der Waals surface area contributed by atoms with Crippen molar-refractivity contribution in [2.45, 2.75) is 25.5 Å². The van der Waals surface area contributed by atoms with E-state index in [9.17, 15) is 13.6 Å². The molecule has 0 saturated carbocycles. The van der Waals surface area contributed by atoms with E-state index in [2.05, 4.69) is 11.4 Å². The van der Waals surface area contributed by atoms with Crippen molar-refractivity contribution in [3.8, 4) is 11.8 Å². The van der Waals surface area contributed by atoms with Crippen LogP contribution < -0.4 is 10.1 Å². The molecule has 0 bridgehead atoms. The predicted octanol–water partition coefficient (Wildman–Crippen LogP) is 6.52. The molecular weight excluding hydrogens is 458 g/mol. The highest BCUT2D eigenvalue weighted by Gasteiger charge is 2.20. The molecule has 0 unspecified atom stereocenters. The van der Waals surface area contributed by atoms with Gasteiger partial charge in [-0.05, 0) is 46.9 Å². The van der Waals surface area contributed by atoms with Crippen LogP contribution in [0.3, 0.4) is 0 Å². The van der Waals surface area contributed by atoms with E-state index < -0.39 is 11.6 Å². The van der Waals surface area contributed by atoms with Gasteiger partial charge in [-0.1, -0.05) is 72.8 Å². The Morgan fingerprint density at radius 3 is 2.19 bits per heavy atom. The molecule has 6 heteroatoms. The number of benzene rings is 4. The van der Waals surface area contributed by atoms with Crippen LogP contribution in [0.15, 0.2) is 97.1 Å². The van der Waals surface area contributed by atoms with Crippen molar-refractivity contribution < 1.29 is 18.3 Å². The first-order valence-corrected chi connectivity index (χ1v) is 11.5. The zero-order valence-corrected chi connectivity index (χ0v) is 19.5. The Labute approximate surface area is 208 Å². The molecule has 0 aliphatic rings. The van der Waals surface area contributed by atoms with Gasteiger partial charge in [-0.15, -0.1) is 0 Å². The van der Waals surface area contributed by atoms with Gasteiger partial charge in [0.05, 0.1) is 12.1 Å². The van der Waals surface area contributed by atoms with Gasteiger partial charge < -0.3 is 10.1 Å². The van der Waals surface area contributed by atoms with E-state index in [-0.39, 0.29) is 30.7 Å². The molecule has 0 atom stereocenters. The quantitative estimate of drug-likeness (QED) is 0.295. The van der Waals surface area contributed by atoms with E-state index in [1.807, 2.05) is 60.7 Å². The maximum absolute atomic E-state index is 14.0. The normalized spacial score (nSPS) is 10.6. The minimum atomic E-state index is -0.673. The monoisotopic (exact) mass is 482 g/mol. The highest BCUT2D eigenvalue weighted by molar-refractivity contribution is 5.96. The van der Waals surface area contributed by atoms with Gasteiger partial charge in [0, 0.05) is 18.1 Å². The average molecular weight is 483 g/mol. The van der Waals surface area contributed by atoms with E-state index in [1.54, 1.807) is 18.2 Å². The van der Waals surface area contributed by atoms with E-state index in [1.165, 1.54) is 0 Å². The number of carbonyl (C=O) groups excluding carboxylic acids is 1. The number of nitrogens with zero attached hydrogens (tertiary/aromatic N) is 1. The lowest BCUT2D eigenvalue weighted by molar-refractivity contribution is 0.0942. The van der Waals surface area contributed by atoms with E-state index in [4.69, 9.17) is 10.00 Å². The number of nitriles is 1. The van der Waals surface area contributed by atoms with Crippen LogP contribution in [-0.4, -0.2) is 5.91 Å². The number of halogens is 2. The Morgan fingerprint density at radius 2 is 1.56 bits per heavy atom. The summed E-state index contributed by atoms with van der Waals surface area (Å²) in [6, 6.07) is 29.2.